The van der Waals surface area contributed by atoms with E-state index in [1.54, 1.807) is 30.5 Å². The van der Waals surface area contributed by atoms with Gasteiger partial charge in [0.2, 0.25) is 11.1 Å². The fourth-order valence-corrected chi connectivity index (χ4v) is 3.09. The number of benzene rings is 1. The fraction of sp³-hybridized carbons (Fsp3) is 0.333. The molecular formula is C15H20N4O2S. The lowest BCUT2D eigenvalue weighted by Crippen LogP contribution is -2.36. The summed E-state index contributed by atoms with van der Waals surface area (Å²) in [6.45, 7) is 4.01. The lowest BCUT2D eigenvalue weighted by molar-refractivity contribution is -0.117. The van der Waals surface area contributed by atoms with Crippen LogP contribution in [-0.2, 0) is 15.6 Å². The molecule has 1 heterocycles. The van der Waals surface area contributed by atoms with Gasteiger partial charge in [0.15, 0.2) is 0 Å². The molecule has 2 rings (SSSR count). The van der Waals surface area contributed by atoms with E-state index in [-0.39, 0.29) is 5.91 Å². The van der Waals surface area contributed by atoms with Gasteiger partial charge in [0.25, 0.3) is 0 Å². The number of aromatic nitrogens is 2. The summed E-state index contributed by atoms with van der Waals surface area (Å²) in [7, 11) is -1.49. The van der Waals surface area contributed by atoms with Crippen molar-refractivity contribution >= 4 is 22.4 Å². The summed E-state index contributed by atoms with van der Waals surface area (Å²) in [5.74, 6) is 0.0471. The molecule has 0 saturated heterocycles. The van der Waals surface area contributed by atoms with Crippen LogP contribution in [0.4, 0.5) is 5.69 Å². The Morgan fingerprint density at radius 2 is 2.14 bits per heavy atom. The summed E-state index contributed by atoms with van der Waals surface area (Å²) < 4.78 is 12.5. The fourth-order valence-electron chi connectivity index (χ4n) is 2.03. The first-order valence-electron chi connectivity index (χ1n) is 7.05. The van der Waals surface area contributed by atoms with E-state index in [4.69, 9.17) is 5.73 Å². The molecule has 7 heteroatoms. The molecule has 1 aromatic carbocycles. The Labute approximate surface area is 132 Å². The van der Waals surface area contributed by atoms with Crippen molar-refractivity contribution in [3.8, 4) is 0 Å². The van der Waals surface area contributed by atoms with Gasteiger partial charge >= 0.3 is 0 Å². The minimum absolute atomic E-state index is 0.280. The third kappa shape index (κ3) is 4.02. The van der Waals surface area contributed by atoms with E-state index in [0.717, 1.165) is 0 Å². The van der Waals surface area contributed by atoms with Crippen molar-refractivity contribution in [2.24, 2.45) is 11.7 Å². The number of hydrogen-bond donors (Lipinski definition) is 3. The van der Waals surface area contributed by atoms with Crippen molar-refractivity contribution < 1.29 is 9.00 Å². The van der Waals surface area contributed by atoms with Crippen molar-refractivity contribution in [2.45, 2.75) is 36.4 Å². The highest BCUT2D eigenvalue weighted by Crippen LogP contribution is 2.22. The standard InChI is InChI=1S/C15H20N4O2S/c1-10(2)9-11(16)14(20)19-12-5-3-4-6-13(12)22(21)15-17-7-8-18-15/h3-8,10-11H,9,16H2,1-2H3,(H,17,18)(H,19,20)/t11-,22?/m0/s1. The van der Waals surface area contributed by atoms with Gasteiger partial charge in [-0.1, -0.05) is 26.0 Å². The van der Waals surface area contributed by atoms with Crippen LogP contribution in [0.25, 0.3) is 0 Å². The second-order valence-corrected chi connectivity index (χ2v) is 6.75. The molecule has 1 amide bonds. The number of carbonyl (C=O) groups excluding carboxylic acids is 1. The van der Waals surface area contributed by atoms with Gasteiger partial charge in [0.1, 0.15) is 10.8 Å². The van der Waals surface area contributed by atoms with Crippen LogP contribution in [0.3, 0.4) is 0 Å². The molecule has 0 aliphatic carbocycles. The number of rotatable bonds is 6. The van der Waals surface area contributed by atoms with Crippen LogP contribution < -0.4 is 11.1 Å². The number of nitrogens with two attached hydrogens (primary N) is 1. The quantitative estimate of drug-likeness (QED) is 0.756. The van der Waals surface area contributed by atoms with E-state index in [1.807, 2.05) is 13.8 Å². The van der Waals surface area contributed by atoms with Crippen LogP contribution in [0.1, 0.15) is 20.3 Å². The molecule has 0 saturated carbocycles. The highest BCUT2D eigenvalue weighted by Gasteiger charge is 2.19. The lowest BCUT2D eigenvalue weighted by atomic mass is 10.0. The first-order chi connectivity index (χ1) is 10.5. The molecule has 0 spiro atoms. The van der Waals surface area contributed by atoms with Gasteiger partial charge in [0, 0.05) is 12.4 Å². The number of nitrogens with one attached hydrogen (secondary N) is 2. The van der Waals surface area contributed by atoms with E-state index < -0.39 is 16.8 Å². The third-order valence-electron chi connectivity index (χ3n) is 3.06. The lowest BCUT2D eigenvalue weighted by Gasteiger charge is -2.15. The Morgan fingerprint density at radius 1 is 1.41 bits per heavy atom. The molecule has 2 atom stereocenters. The number of aromatic amines is 1. The Kier molecular flexibility index (Phi) is 5.46. The molecule has 0 bridgehead atoms. The number of anilines is 1. The number of para-hydroxylation sites is 1. The number of hydrogen-bond acceptors (Lipinski definition) is 4. The minimum Gasteiger partial charge on any atom is -0.337 e. The summed E-state index contributed by atoms with van der Waals surface area (Å²) in [6, 6.07) is 6.34. The first kappa shape index (κ1) is 16.4. The Bertz CT molecular complexity index is 655. The van der Waals surface area contributed by atoms with E-state index >= 15 is 0 Å². The second-order valence-electron chi connectivity index (χ2n) is 5.38. The molecule has 6 nitrogen and oxygen atoms in total. The third-order valence-corrected chi connectivity index (χ3v) is 4.39. The number of imidazole rings is 1. The van der Waals surface area contributed by atoms with Gasteiger partial charge in [-0.3, -0.25) is 4.79 Å². The number of H-pyrrole nitrogens is 1. The monoisotopic (exact) mass is 320 g/mol. The highest BCUT2D eigenvalue weighted by molar-refractivity contribution is 7.85. The summed E-state index contributed by atoms with van der Waals surface area (Å²) in [5, 5.41) is 3.10. The van der Waals surface area contributed by atoms with Crippen LogP contribution in [0.15, 0.2) is 46.7 Å². The average Bonchev–Trinajstić information content (AvgIpc) is 3.00. The molecule has 22 heavy (non-hydrogen) atoms. The molecule has 2 aromatic rings. The van der Waals surface area contributed by atoms with E-state index in [9.17, 15) is 9.00 Å². The SMILES string of the molecule is CC(C)C[C@H](N)C(=O)Nc1ccccc1S(=O)c1ncc[nH]1. The van der Waals surface area contributed by atoms with E-state index in [0.29, 0.717) is 28.1 Å². The maximum atomic E-state index is 12.5. The summed E-state index contributed by atoms with van der Waals surface area (Å²) in [6.07, 6.45) is 3.73. The molecule has 0 radical (unpaired) electrons. The van der Waals surface area contributed by atoms with E-state index in [2.05, 4.69) is 15.3 Å². The van der Waals surface area contributed by atoms with Gasteiger partial charge in [-0.2, -0.15) is 0 Å². The van der Waals surface area contributed by atoms with Crippen molar-refractivity contribution in [1.82, 2.24) is 9.97 Å². The molecule has 0 fully saturated rings. The molecule has 4 N–H and O–H groups in total. The zero-order valence-corrected chi connectivity index (χ0v) is 13.4. The Morgan fingerprint density at radius 3 is 2.77 bits per heavy atom. The minimum atomic E-state index is -1.49. The predicted octanol–water partition coefficient (Wildman–Crippen LogP) is 1.89. The van der Waals surface area contributed by atoms with E-state index in [1.165, 1.54) is 6.20 Å². The van der Waals surface area contributed by atoms with Gasteiger partial charge < -0.3 is 16.0 Å². The molecular weight excluding hydrogens is 300 g/mol. The van der Waals surface area contributed by atoms with Crippen LogP contribution in [-0.4, -0.2) is 26.1 Å². The zero-order chi connectivity index (χ0) is 16.1. The average molecular weight is 320 g/mol. The van der Waals surface area contributed by atoms with Crippen molar-refractivity contribution in [2.75, 3.05) is 5.32 Å². The number of nitrogens with zero attached hydrogens (tertiary/aromatic N) is 1. The van der Waals surface area contributed by atoms with Crippen LogP contribution in [0.5, 0.6) is 0 Å². The molecule has 1 aromatic heterocycles. The van der Waals surface area contributed by atoms with Gasteiger partial charge in [-0.25, -0.2) is 9.19 Å². The normalized spacial score (nSPS) is 13.8. The molecule has 1 unspecified atom stereocenters. The van der Waals surface area contributed by atoms with Crippen LogP contribution in [0.2, 0.25) is 0 Å². The van der Waals surface area contributed by atoms with Gasteiger partial charge in [0.05, 0.1) is 16.6 Å². The van der Waals surface area contributed by atoms with Gasteiger partial charge in [-0.15, -0.1) is 0 Å². The topological polar surface area (TPSA) is 101 Å². The van der Waals surface area contributed by atoms with Crippen molar-refractivity contribution in [1.29, 1.82) is 0 Å². The Hall–Kier alpha value is -1.99. The number of carbonyl (C=O) groups is 1. The zero-order valence-electron chi connectivity index (χ0n) is 12.6. The first-order valence-corrected chi connectivity index (χ1v) is 8.20. The molecule has 0 aliphatic heterocycles. The van der Waals surface area contributed by atoms with Gasteiger partial charge in [-0.05, 0) is 24.5 Å². The smallest absolute Gasteiger partial charge is 0.241 e. The second kappa shape index (κ2) is 7.33. The van der Waals surface area contributed by atoms with Crippen LogP contribution >= 0.6 is 0 Å². The summed E-state index contributed by atoms with van der Waals surface area (Å²) in [4.78, 5) is 19.4. The maximum Gasteiger partial charge on any atom is 0.241 e. The maximum absolute atomic E-state index is 12.5. The molecule has 118 valence electrons. The number of amides is 1. The van der Waals surface area contributed by atoms with Crippen molar-refractivity contribution in [3.63, 3.8) is 0 Å². The Balaban J connectivity index is 2.19. The predicted molar refractivity (Wildman–Crippen MR) is 85.8 cm³/mol. The van der Waals surface area contributed by atoms with Crippen molar-refractivity contribution in [3.05, 3.63) is 36.7 Å². The summed E-state index contributed by atoms with van der Waals surface area (Å²) in [5.41, 5.74) is 6.37. The summed E-state index contributed by atoms with van der Waals surface area (Å²) >= 11 is 0. The molecule has 0 aliphatic rings. The highest BCUT2D eigenvalue weighted by atomic mass is 32.2. The largest absolute Gasteiger partial charge is 0.337 e. The van der Waals surface area contributed by atoms with Crippen LogP contribution in [0, 0.1) is 5.92 Å².